The summed E-state index contributed by atoms with van der Waals surface area (Å²) in [6.07, 6.45) is 3.57. The first-order valence-corrected chi connectivity index (χ1v) is 9.46. The van der Waals surface area contributed by atoms with E-state index in [1.807, 2.05) is 19.1 Å². The summed E-state index contributed by atoms with van der Waals surface area (Å²) < 4.78 is 20.2. The zero-order valence-electron chi connectivity index (χ0n) is 16.1. The van der Waals surface area contributed by atoms with Gasteiger partial charge in [0.2, 0.25) is 0 Å². The summed E-state index contributed by atoms with van der Waals surface area (Å²) >= 11 is 0. The molecule has 2 amide bonds. The Morgan fingerprint density at radius 1 is 1.38 bits per heavy atom. The Bertz CT molecular complexity index is 642. The number of piperidine rings is 1. The molecule has 0 aliphatic carbocycles. The number of hydrogen-bond acceptors (Lipinski definition) is 3. The van der Waals surface area contributed by atoms with Crippen LogP contribution in [0.25, 0.3) is 0 Å². The number of hydrogen-bond donors (Lipinski definition) is 1. The topological polar surface area (TPSA) is 44.8 Å². The fourth-order valence-corrected chi connectivity index (χ4v) is 3.99. The molecule has 26 heavy (non-hydrogen) atoms. The summed E-state index contributed by atoms with van der Waals surface area (Å²) in [6, 6.07) is 5.42. The molecule has 0 radical (unpaired) electrons. The number of rotatable bonds is 3. The fraction of sp³-hybridized carbons (Fsp3) is 0.650. The first kappa shape index (κ1) is 19.1. The standard InChI is InChI=1S/C20H30FN3O2/c1-15-4-5-18(21)16(12-15)14-24-9-7-20(8-10-24)13-17(6-11-26-20)22-19(25)23(2)3/h4-5,12,17H,6-11,13-14H2,1-3H3,(H,22,25)/t17-/m0/s1. The monoisotopic (exact) mass is 363 g/mol. The van der Waals surface area contributed by atoms with Gasteiger partial charge in [0.25, 0.3) is 0 Å². The van der Waals surface area contributed by atoms with Crippen molar-refractivity contribution in [1.82, 2.24) is 15.1 Å². The molecule has 0 bridgehead atoms. The number of urea groups is 1. The number of carbonyl (C=O) groups is 1. The van der Waals surface area contributed by atoms with Crippen LogP contribution in [0.4, 0.5) is 9.18 Å². The summed E-state index contributed by atoms with van der Waals surface area (Å²) in [5.41, 5.74) is 1.70. The van der Waals surface area contributed by atoms with Crippen LogP contribution in [0.15, 0.2) is 18.2 Å². The summed E-state index contributed by atoms with van der Waals surface area (Å²) in [4.78, 5) is 15.8. The van der Waals surface area contributed by atoms with Crippen molar-refractivity contribution in [2.75, 3.05) is 33.8 Å². The van der Waals surface area contributed by atoms with E-state index in [-0.39, 0.29) is 23.5 Å². The summed E-state index contributed by atoms with van der Waals surface area (Å²) in [5, 5.41) is 3.10. The summed E-state index contributed by atoms with van der Waals surface area (Å²) in [6.45, 7) is 5.10. The van der Waals surface area contributed by atoms with E-state index in [1.165, 1.54) is 0 Å². The highest BCUT2D eigenvalue weighted by Gasteiger charge is 2.40. The highest BCUT2D eigenvalue weighted by Crippen LogP contribution is 2.35. The molecule has 2 heterocycles. The minimum Gasteiger partial charge on any atom is -0.375 e. The predicted octanol–water partition coefficient (Wildman–Crippen LogP) is 2.92. The summed E-state index contributed by atoms with van der Waals surface area (Å²) in [7, 11) is 3.51. The minimum atomic E-state index is -0.149. The molecule has 0 aromatic heterocycles. The van der Waals surface area contributed by atoms with Gasteiger partial charge in [-0.05, 0) is 38.7 Å². The smallest absolute Gasteiger partial charge is 0.317 e. The molecule has 144 valence electrons. The van der Waals surface area contributed by atoms with Crippen LogP contribution in [0, 0.1) is 12.7 Å². The van der Waals surface area contributed by atoms with Gasteiger partial charge >= 0.3 is 6.03 Å². The number of benzene rings is 1. The van der Waals surface area contributed by atoms with Crippen LogP contribution in [-0.2, 0) is 11.3 Å². The number of halogens is 1. The van der Waals surface area contributed by atoms with Crippen molar-refractivity contribution in [2.45, 2.75) is 50.8 Å². The molecule has 0 saturated carbocycles. The van der Waals surface area contributed by atoms with Crippen LogP contribution in [0.1, 0.15) is 36.8 Å². The minimum absolute atomic E-state index is 0.0422. The Hall–Kier alpha value is -1.66. The Morgan fingerprint density at radius 3 is 2.81 bits per heavy atom. The average Bonchev–Trinajstić information content (AvgIpc) is 2.60. The molecular formula is C20H30FN3O2. The second-order valence-corrected chi connectivity index (χ2v) is 7.94. The molecule has 0 unspecified atom stereocenters. The van der Waals surface area contributed by atoms with Gasteiger partial charge < -0.3 is 15.0 Å². The van der Waals surface area contributed by atoms with Crippen LogP contribution in [0.5, 0.6) is 0 Å². The molecule has 1 atom stereocenters. The van der Waals surface area contributed by atoms with Crippen molar-refractivity contribution in [3.8, 4) is 0 Å². The zero-order chi connectivity index (χ0) is 18.7. The second-order valence-electron chi connectivity index (χ2n) is 7.94. The molecule has 1 aromatic carbocycles. The third-order valence-corrected chi connectivity index (χ3v) is 5.59. The van der Waals surface area contributed by atoms with Crippen molar-refractivity contribution < 1.29 is 13.9 Å². The lowest BCUT2D eigenvalue weighted by molar-refractivity contribution is -0.119. The molecule has 1 N–H and O–H groups in total. The highest BCUT2D eigenvalue weighted by molar-refractivity contribution is 5.73. The molecule has 1 aromatic rings. The number of nitrogens with one attached hydrogen (secondary N) is 1. The van der Waals surface area contributed by atoms with E-state index in [0.717, 1.165) is 49.9 Å². The van der Waals surface area contributed by atoms with Gasteiger partial charge in [0.15, 0.2) is 0 Å². The van der Waals surface area contributed by atoms with Gasteiger partial charge in [-0.25, -0.2) is 9.18 Å². The fourth-order valence-electron chi connectivity index (χ4n) is 3.99. The molecule has 2 fully saturated rings. The van der Waals surface area contributed by atoms with Gasteiger partial charge in [0.05, 0.1) is 5.60 Å². The van der Waals surface area contributed by atoms with Crippen molar-refractivity contribution in [2.24, 2.45) is 0 Å². The van der Waals surface area contributed by atoms with Crippen LogP contribution in [0.2, 0.25) is 0 Å². The first-order valence-electron chi connectivity index (χ1n) is 9.46. The van der Waals surface area contributed by atoms with Crippen LogP contribution >= 0.6 is 0 Å². The van der Waals surface area contributed by atoms with E-state index in [9.17, 15) is 9.18 Å². The highest BCUT2D eigenvalue weighted by atomic mass is 19.1. The van der Waals surface area contributed by atoms with E-state index in [4.69, 9.17) is 4.74 Å². The molecule has 3 rings (SSSR count). The third kappa shape index (κ3) is 4.54. The molecule has 2 aliphatic rings. The van der Waals surface area contributed by atoms with Gasteiger partial charge in [0.1, 0.15) is 5.82 Å². The van der Waals surface area contributed by atoms with Crippen molar-refractivity contribution in [3.05, 3.63) is 35.1 Å². The van der Waals surface area contributed by atoms with Gasteiger partial charge in [-0.15, -0.1) is 0 Å². The SMILES string of the molecule is Cc1ccc(F)c(CN2CCC3(CC2)C[C@@H](NC(=O)N(C)C)CCO3)c1. The maximum atomic E-state index is 14.0. The number of aryl methyl sites for hydroxylation is 1. The number of amides is 2. The molecule has 1 spiro atoms. The quantitative estimate of drug-likeness (QED) is 0.898. The lowest BCUT2D eigenvalue weighted by Crippen LogP contribution is -2.54. The summed E-state index contributed by atoms with van der Waals surface area (Å²) in [5.74, 6) is -0.128. The van der Waals surface area contributed by atoms with E-state index in [1.54, 1.807) is 25.1 Å². The van der Waals surface area contributed by atoms with Gasteiger partial charge in [-0.3, -0.25) is 4.90 Å². The normalized spacial score (nSPS) is 23.0. The molecule has 2 aliphatic heterocycles. The van der Waals surface area contributed by atoms with Crippen molar-refractivity contribution >= 4 is 6.03 Å². The Kier molecular flexibility index (Phi) is 5.82. The number of nitrogens with zero attached hydrogens (tertiary/aromatic N) is 2. The van der Waals surface area contributed by atoms with Crippen molar-refractivity contribution in [1.29, 1.82) is 0 Å². The van der Waals surface area contributed by atoms with Crippen molar-refractivity contribution in [3.63, 3.8) is 0 Å². The third-order valence-electron chi connectivity index (χ3n) is 5.59. The van der Waals surface area contributed by atoms with E-state index < -0.39 is 0 Å². The average molecular weight is 363 g/mol. The zero-order valence-corrected chi connectivity index (χ0v) is 16.1. The molecular weight excluding hydrogens is 333 g/mol. The maximum Gasteiger partial charge on any atom is 0.317 e. The van der Waals surface area contributed by atoms with Gasteiger partial charge in [-0.2, -0.15) is 0 Å². The Labute approximate surface area is 155 Å². The first-order chi connectivity index (χ1) is 12.4. The van der Waals surface area contributed by atoms with Crippen LogP contribution < -0.4 is 5.32 Å². The maximum absolute atomic E-state index is 14.0. The number of likely N-dealkylation sites (tertiary alicyclic amines) is 1. The van der Waals surface area contributed by atoms with E-state index >= 15 is 0 Å². The predicted molar refractivity (Wildman–Crippen MR) is 99.6 cm³/mol. The Balaban J connectivity index is 1.55. The molecule has 5 nitrogen and oxygen atoms in total. The Morgan fingerprint density at radius 2 is 2.12 bits per heavy atom. The van der Waals surface area contributed by atoms with E-state index in [0.29, 0.717) is 13.2 Å². The van der Waals surface area contributed by atoms with Gasteiger partial charge in [-0.1, -0.05) is 17.7 Å². The molecule has 2 saturated heterocycles. The lowest BCUT2D eigenvalue weighted by atomic mass is 9.82. The largest absolute Gasteiger partial charge is 0.375 e. The number of ether oxygens (including phenoxy) is 1. The van der Waals surface area contributed by atoms with Crippen LogP contribution in [-0.4, -0.2) is 61.3 Å². The second kappa shape index (κ2) is 7.92. The van der Waals surface area contributed by atoms with E-state index in [2.05, 4.69) is 10.2 Å². The lowest BCUT2D eigenvalue weighted by Gasteiger charge is -2.46. The number of carbonyl (C=O) groups excluding carboxylic acids is 1. The van der Waals surface area contributed by atoms with Crippen LogP contribution in [0.3, 0.4) is 0 Å². The van der Waals surface area contributed by atoms with Gasteiger partial charge in [0, 0.05) is 51.9 Å². The molecule has 6 heteroatoms.